The molecule has 0 fully saturated rings. The lowest BCUT2D eigenvalue weighted by Crippen LogP contribution is -2.28. The van der Waals surface area contributed by atoms with E-state index in [0.29, 0.717) is 6.07 Å². The van der Waals surface area contributed by atoms with Crippen LogP contribution in [0.2, 0.25) is 0 Å². The molecule has 0 aliphatic rings. The first-order valence-corrected chi connectivity index (χ1v) is 8.11. The average Bonchev–Trinajstić information content (AvgIpc) is 2.66. The summed E-state index contributed by atoms with van der Waals surface area (Å²) >= 11 is 0. The largest absolute Gasteiger partial charge is 0.506 e. The number of carbonyl (C=O) groups excluding carboxylic acids is 1. The summed E-state index contributed by atoms with van der Waals surface area (Å²) in [5.74, 6) is -4.40. The van der Waals surface area contributed by atoms with Gasteiger partial charge in [-0.3, -0.25) is 14.9 Å². The van der Waals surface area contributed by atoms with Gasteiger partial charge in [-0.15, -0.1) is 0 Å². The molecule has 0 radical (unpaired) electrons. The third-order valence-corrected chi connectivity index (χ3v) is 4.06. The van der Waals surface area contributed by atoms with Crippen LogP contribution in [0.5, 0.6) is 11.5 Å². The fourth-order valence-electron chi connectivity index (χ4n) is 2.57. The van der Waals surface area contributed by atoms with Crippen LogP contribution in [0.15, 0.2) is 35.9 Å². The molecule has 0 unspecified atom stereocenters. The molecule has 0 aliphatic carbocycles. The molecular weight excluding hydrogens is 385 g/mol. The zero-order valence-electron chi connectivity index (χ0n) is 15.4. The molecule has 0 bridgehead atoms. The number of hydrogen-bond acceptors (Lipinski definition) is 7. The van der Waals surface area contributed by atoms with Crippen molar-refractivity contribution in [2.24, 2.45) is 0 Å². The number of hydrogen-bond donors (Lipinski definition) is 3. The molecule has 2 aromatic carbocycles. The highest BCUT2D eigenvalue weighted by molar-refractivity contribution is 6.03. The van der Waals surface area contributed by atoms with Crippen molar-refractivity contribution in [3.05, 3.63) is 68.5 Å². The highest BCUT2D eigenvalue weighted by atomic mass is 19.1. The maximum absolute atomic E-state index is 13.9. The number of aryl methyl sites for hydroxylation is 1. The molecule has 2 aromatic rings. The Balaban J connectivity index is 2.44. The lowest BCUT2D eigenvalue weighted by atomic mass is 10.1. The van der Waals surface area contributed by atoms with Gasteiger partial charge in [0.25, 0.3) is 5.91 Å². The van der Waals surface area contributed by atoms with Crippen molar-refractivity contribution in [3.8, 4) is 17.6 Å². The van der Waals surface area contributed by atoms with Gasteiger partial charge in [0.15, 0.2) is 11.3 Å². The van der Waals surface area contributed by atoms with Crippen LogP contribution in [0.3, 0.4) is 0 Å². The molecule has 29 heavy (non-hydrogen) atoms. The number of aromatic hydroxyl groups is 2. The van der Waals surface area contributed by atoms with Gasteiger partial charge in [-0.1, -0.05) is 17.7 Å². The summed E-state index contributed by atoms with van der Waals surface area (Å²) < 4.78 is 13.9. The molecule has 0 spiro atoms. The fraction of sp³-hybridized carbons (Fsp3) is 0.158. The molecule has 0 aromatic heterocycles. The molecule has 0 saturated carbocycles. The number of phenolic OH excluding ortho intramolecular Hbond substituents is 2. The number of likely N-dealkylation sites (N-methyl/N-ethyl adjacent to an activating group) is 1. The predicted octanol–water partition coefficient (Wildman–Crippen LogP) is 2.90. The summed E-state index contributed by atoms with van der Waals surface area (Å²) in [6.45, 7) is 1.53. The first kappa shape index (κ1) is 21.2. The molecule has 150 valence electrons. The van der Waals surface area contributed by atoms with E-state index < -0.39 is 50.7 Å². The molecule has 9 nitrogen and oxygen atoms in total. The zero-order chi connectivity index (χ0) is 21.9. The van der Waals surface area contributed by atoms with E-state index in [9.17, 15) is 39.9 Å². The van der Waals surface area contributed by atoms with Crippen LogP contribution in [0.1, 0.15) is 16.7 Å². The molecule has 0 aliphatic heterocycles. The van der Waals surface area contributed by atoms with Gasteiger partial charge < -0.3 is 20.2 Å². The number of nitriles is 1. The second-order valence-electron chi connectivity index (χ2n) is 6.21. The molecular formula is C19H16FN3O6. The van der Waals surface area contributed by atoms with Crippen LogP contribution >= 0.6 is 0 Å². The van der Waals surface area contributed by atoms with E-state index in [-0.39, 0.29) is 12.1 Å². The Hall–Kier alpha value is -4.13. The van der Waals surface area contributed by atoms with Crippen molar-refractivity contribution in [3.63, 3.8) is 0 Å². The molecule has 1 amide bonds. The van der Waals surface area contributed by atoms with Gasteiger partial charge in [-0.25, -0.2) is 4.39 Å². The highest BCUT2D eigenvalue weighted by Crippen LogP contribution is 2.38. The van der Waals surface area contributed by atoms with E-state index in [1.54, 1.807) is 13.0 Å². The number of nitro groups is 1. The Kier molecular flexibility index (Phi) is 6.03. The number of nitro benzene ring substituents is 1. The van der Waals surface area contributed by atoms with E-state index in [0.717, 1.165) is 16.5 Å². The lowest BCUT2D eigenvalue weighted by Gasteiger charge is -2.18. The SMILES string of the molecule is Cc1ccc(F)c(CN(C)C(=O)/C(C#N)=C(\O)c2cc(O)c(O)c([N+](=O)[O-])c2)c1. The highest BCUT2D eigenvalue weighted by Gasteiger charge is 2.25. The molecule has 10 heteroatoms. The third kappa shape index (κ3) is 4.41. The number of carbonyl (C=O) groups is 1. The van der Waals surface area contributed by atoms with Crippen LogP contribution in [0.4, 0.5) is 10.1 Å². The average molecular weight is 401 g/mol. The molecule has 0 atom stereocenters. The normalized spacial score (nSPS) is 11.4. The Morgan fingerprint density at radius 2 is 1.97 bits per heavy atom. The standard InChI is InChI=1S/C19H16FN3O6/c1-10-3-4-14(20)12(5-10)9-22(2)19(27)13(8-21)17(25)11-6-15(23(28)29)18(26)16(24)7-11/h3-7,24-26H,9H2,1-2H3/b17-13-. The van der Waals surface area contributed by atoms with Crippen molar-refractivity contribution in [2.45, 2.75) is 13.5 Å². The van der Waals surface area contributed by atoms with Crippen molar-refractivity contribution < 1.29 is 29.4 Å². The van der Waals surface area contributed by atoms with Crippen LogP contribution in [0, 0.1) is 34.2 Å². The second kappa shape index (κ2) is 8.26. The maximum atomic E-state index is 13.9. The lowest BCUT2D eigenvalue weighted by molar-refractivity contribution is -0.386. The van der Waals surface area contributed by atoms with Crippen molar-refractivity contribution >= 4 is 17.4 Å². The topological polar surface area (TPSA) is 148 Å². The predicted molar refractivity (Wildman–Crippen MR) is 99.2 cm³/mol. The van der Waals surface area contributed by atoms with E-state index in [2.05, 4.69) is 0 Å². The van der Waals surface area contributed by atoms with E-state index in [1.165, 1.54) is 25.2 Å². The van der Waals surface area contributed by atoms with Gasteiger partial charge in [-0.05, 0) is 19.1 Å². The fourth-order valence-corrected chi connectivity index (χ4v) is 2.57. The van der Waals surface area contributed by atoms with Crippen molar-refractivity contribution in [1.82, 2.24) is 4.90 Å². The van der Waals surface area contributed by atoms with E-state index in [1.807, 2.05) is 0 Å². The maximum Gasteiger partial charge on any atom is 0.315 e. The van der Waals surface area contributed by atoms with Crippen LogP contribution in [-0.4, -0.2) is 38.1 Å². The summed E-state index contributed by atoms with van der Waals surface area (Å²) in [4.78, 5) is 23.5. The zero-order valence-corrected chi connectivity index (χ0v) is 15.4. The number of benzene rings is 2. The minimum atomic E-state index is -1.02. The first-order valence-electron chi connectivity index (χ1n) is 8.11. The number of rotatable bonds is 5. The summed E-state index contributed by atoms with van der Waals surface area (Å²) in [5, 5.41) is 49.7. The monoisotopic (exact) mass is 401 g/mol. The Labute approximate surface area is 164 Å². The summed E-state index contributed by atoms with van der Waals surface area (Å²) in [6, 6.07) is 7.29. The summed E-state index contributed by atoms with van der Waals surface area (Å²) in [5.41, 5.74) is -1.18. The second-order valence-corrected chi connectivity index (χ2v) is 6.21. The molecule has 2 rings (SSSR count). The van der Waals surface area contributed by atoms with Crippen molar-refractivity contribution in [1.29, 1.82) is 5.26 Å². The minimum Gasteiger partial charge on any atom is -0.506 e. The molecule has 0 heterocycles. The Bertz CT molecular complexity index is 1070. The van der Waals surface area contributed by atoms with E-state index >= 15 is 0 Å². The van der Waals surface area contributed by atoms with Gasteiger partial charge in [0.05, 0.1) is 4.92 Å². The van der Waals surface area contributed by atoms with Gasteiger partial charge in [-0.2, -0.15) is 5.26 Å². The van der Waals surface area contributed by atoms with Gasteiger partial charge in [0, 0.05) is 30.8 Å². The van der Waals surface area contributed by atoms with Crippen LogP contribution < -0.4 is 0 Å². The van der Waals surface area contributed by atoms with Gasteiger partial charge in [0.2, 0.25) is 5.75 Å². The number of aliphatic hydroxyl groups is 1. The number of aliphatic hydroxyl groups excluding tert-OH is 1. The molecule has 0 saturated heterocycles. The van der Waals surface area contributed by atoms with Crippen LogP contribution in [0.25, 0.3) is 5.76 Å². The van der Waals surface area contributed by atoms with Gasteiger partial charge >= 0.3 is 5.69 Å². The summed E-state index contributed by atoms with van der Waals surface area (Å²) in [6.07, 6.45) is 0. The number of phenols is 2. The Morgan fingerprint density at radius 1 is 1.31 bits per heavy atom. The number of amides is 1. The first-order chi connectivity index (χ1) is 13.6. The minimum absolute atomic E-state index is 0.190. The Morgan fingerprint density at radius 3 is 2.55 bits per heavy atom. The number of nitrogens with zero attached hydrogens (tertiary/aromatic N) is 3. The van der Waals surface area contributed by atoms with Gasteiger partial charge in [0.1, 0.15) is 17.6 Å². The van der Waals surface area contributed by atoms with Crippen LogP contribution in [-0.2, 0) is 11.3 Å². The molecule has 3 N–H and O–H groups in total. The summed E-state index contributed by atoms with van der Waals surface area (Å²) in [7, 11) is 1.28. The smallest absolute Gasteiger partial charge is 0.315 e. The van der Waals surface area contributed by atoms with E-state index in [4.69, 9.17) is 0 Å². The quantitative estimate of drug-likeness (QED) is 0.174. The number of halogens is 1. The third-order valence-electron chi connectivity index (χ3n) is 4.06. The van der Waals surface area contributed by atoms with Crippen molar-refractivity contribution in [2.75, 3.05) is 7.05 Å².